The highest BCUT2D eigenvalue weighted by Gasteiger charge is 2.12. The zero-order chi connectivity index (χ0) is 27.0. The van der Waals surface area contributed by atoms with Crippen molar-refractivity contribution >= 4 is 5.84 Å². The zero-order valence-electron chi connectivity index (χ0n) is 22.9. The van der Waals surface area contributed by atoms with Gasteiger partial charge in [0.1, 0.15) is 11.6 Å². The van der Waals surface area contributed by atoms with E-state index >= 15 is 0 Å². The van der Waals surface area contributed by atoms with E-state index in [4.69, 9.17) is 10.6 Å². The summed E-state index contributed by atoms with van der Waals surface area (Å²) in [5.74, 6) is 6.70. The van der Waals surface area contributed by atoms with Crippen LogP contribution in [0.15, 0.2) is 53.7 Å². The highest BCUT2D eigenvalue weighted by molar-refractivity contribution is 5.99. The molecule has 0 unspecified atom stereocenters. The molecule has 0 bridgehead atoms. The van der Waals surface area contributed by atoms with Crippen molar-refractivity contribution in [1.29, 1.82) is 0 Å². The Morgan fingerprint density at radius 3 is 2.46 bits per heavy atom. The molecule has 0 fully saturated rings. The van der Waals surface area contributed by atoms with Crippen LogP contribution in [0, 0.1) is 13.8 Å². The van der Waals surface area contributed by atoms with Gasteiger partial charge >= 0.3 is 0 Å². The second-order valence-electron chi connectivity index (χ2n) is 9.22. The van der Waals surface area contributed by atoms with Crippen LogP contribution in [0.25, 0.3) is 0 Å². The van der Waals surface area contributed by atoms with Gasteiger partial charge in [-0.3, -0.25) is 16.3 Å². The van der Waals surface area contributed by atoms with E-state index in [0.717, 1.165) is 86.6 Å². The third kappa shape index (κ3) is 10.2. The molecule has 1 aliphatic heterocycles. The van der Waals surface area contributed by atoms with Gasteiger partial charge in [0.25, 0.3) is 0 Å². The molecule has 2 aromatic rings. The first-order chi connectivity index (χ1) is 18.0. The van der Waals surface area contributed by atoms with Gasteiger partial charge in [0.05, 0.1) is 19.8 Å². The Labute approximate surface area is 222 Å². The number of benzene rings is 2. The molecule has 1 aliphatic rings. The van der Waals surface area contributed by atoms with Crippen LogP contribution >= 0.6 is 0 Å². The predicted molar refractivity (Wildman–Crippen MR) is 154 cm³/mol. The van der Waals surface area contributed by atoms with Crippen LogP contribution in [-0.4, -0.2) is 62.3 Å². The fraction of sp³-hybridized carbons (Fsp3) is 0.483. The minimum Gasteiger partial charge on any atom is -0.508 e. The van der Waals surface area contributed by atoms with Crippen LogP contribution in [0.5, 0.6) is 5.75 Å². The van der Waals surface area contributed by atoms with Crippen molar-refractivity contribution in [2.45, 2.75) is 46.1 Å². The number of phenolic OH excluding ortho intramolecular Hbond substituents is 1. The number of ether oxygens (including phenoxy) is 1. The number of hydrazine groups is 1. The summed E-state index contributed by atoms with van der Waals surface area (Å²) in [4.78, 5) is 6.83. The van der Waals surface area contributed by atoms with Crippen molar-refractivity contribution in [3.63, 3.8) is 0 Å². The predicted octanol–water partition coefficient (Wildman–Crippen LogP) is 3.14. The van der Waals surface area contributed by atoms with Crippen LogP contribution in [0.1, 0.15) is 47.1 Å². The molecule has 8 heteroatoms. The maximum Gasteiger partial charge on any atom is 0.128 e. The molecule has 1 heterocycles. The lowest BCUT2D eigenvalue weighted by atomic mass is 10.00. The number of hydrogen-bond donors (Lipinski definition) is 5. The van der Waals surface area contributed by atoms with Gasteiger partial charge in [-0.15, -0.1) is 0 Å². The van der Waals surface area contributed by atoms with Crippen molar-refractivity contribution in [3.05, 3.63) is 76.5 Å². The first-order valence-electron chi connectivity index (χ1n) is 13.2. The number of hydrogen-bond acceptors (Lipinski definition) is 8. The van der Waals surface area contributed by atoms with Gasteiger partial charge in [-0.05, 0) is 74.5 Å². The molecule has 2 aromatic carbocycles. The number of rotatable bonds is 15. The second-order valence-corrected chi connectivity index (χ2v) is 9.22. The number of nitrogens with two attached hydrogens (primary N) is 2. The number of nitrogens with one attached hydrogen (secondary N) is 2. The molecule has 0 saturated heterocycles. The van der Waals surface area contributed by atoms with Crippen LogP contribution in [0.4, 0.5) is 0 Å². The molecule has 0 amide bonds. The van der Waals surface area contributed by atoms with E-state index in [-0.39, 0.29) is 0 Å². The summed E-state index contributed by atoms with van der Waals surface area (Å²) >= 11 is 0. The van der Waals surface area contributed by atoms with Crippen molar-refractivity contribution in [2.75, 3.05) is 46.4 Å². The van der Waals surface area contributed by atoms with E-state index in [1.54, 1.807) is 0 Å². The van der Waals surface area contributed by atoms with Crippen molar-refractivity contribution in [3.8, 4) is 5.75 Å². The summed E-state index contributed by atoms with van der Waals surface area (Å²) in [6, 6.07) is 12.2. The van der Waals surface area contributed by atoms with Gasteiger partial charge in [0.2, 0.25) is 0 Å². The van der Waals surface area contributed by atoms with Crippen molar-refractivity contribution < 1.29 is 9.84 Å². The second kappa shape index (κ2) is 16.8. The van der Waals surface area contributed by atoms with E-state index in [9.17, 15) is 5.11 Å². The summed E-state index contributed by atoms with van der Waals surface area (Å²) < 4.78 is 6.04. The Bertz CT molecular complexity index is 967. The Hall–Kier alpha value is -2.91. The number of aromatic hydroxyl groups is 1. The summed E-state index contributed by atoms with van der Waals surface area (Å²) in [6.45, 7) is 13.8. The molecule has 8 nitrogen and oxygen atoms in total. The molecule has 0 radical (unpaired) electrons. The summed E-state index contributed by atoms with van der Waals surface area (Å²) in [5.41, 5.74) is 14.0. The molecule has 0 aliphatic carbocycles. The topological polar surface area (TPSA) is 121 Å². The standard InChI is InChI=1S/C28H41N5O2.CH5N/c1-21-17-26(34)18-22(2)27(21)11-16-35-20-23(3)33(15-6-4-5-12-32-29)19-24-7-9-25(10-8-24)28-30-13-14-31-28;1-2/h7-10,17-18,32,34H,3-6,11-16,19-20,29H2,1-2H3,(H,30,31);2H2,1H3. The third-order valence-electron chi connectivity index (χ3n) is 6.42. The van der Waals surface area contributed by atoms with Gasteiger partial charge in [-0.25, -0.2) is 0 Å². The van der Waals surface area contributed by atoms with Crippen molar-refractivity contribution in [1.82, 2.24) is 15.6 Å². The fourth-order valence-corrected chi connectivity index (χ4v) is 4.46. The lowest BCUT2D eigenvalue weighted by Gasteiger charge is -2.27. The molecule has 0 atom stereocenters. The third-order valence-corrected chi connectivity index (χ3v) is 6.42. The quantitative estimate of drug-likeness (QED) is 0.142. The summed E-state index contributed by atoms with van der Waals surface area (Å²) in [7, 11) is 1.50. The molecule has 0 aromatic heterocycles. The molecule has 7 N–H and O–H groups in total. The highest BCUT2D eigenvalue weighted by Crippen LogP contribution is 2.21. The Morgan fingerprint density at radius 2 is 1.84 bits per heavy atom. The first-order valence-corrected chi connectivity index (χ1v) is 13.2. The normalized spacial score (nSPS) is 12.4. The Balaban J connectivity index is 0.00000235. The first kappa shape index (κ1) is 30.3. The van der Waals surface area contributed by atoms with Gasteiger partial charge in [-0.2, -0.15) is 0 Å². The lowest BCUT2D eigenvalue weighted by Crippen LogP contribution is -2.27. The van der Waals surface area contributed by atoms with E-state index in [1.807, 2.05) is 26.0 Å². The summed E-state index contributed by atoms with van der Waals surface area (Å²) in [6.07, 6.45) is 4.06. The van der Waals surface area contributed by atoms with E-state index in [0.29, 0.717) is 19.0 Å². The maximum absolute atomic E-state index is 9.77. The molecular weight excluding hydrogens is 464 g/mol. The number of aliphatic imine (C=N–C) groups is 1. The zero-order valence-corrected chi connectivity index (χ0v) is 22.9. The number of amidine groups is 1. The summed E-state index contributed by atoms with van der Waals surface area (Å²) in [5, 5.41) is 13.1. The van der Waals surface area contributed by atoms with E-state index in [1.165, 1.54) is 18.2 Å². The van der Waals surface area contributed by atoms with Crippen molar-refractivity contribution in [2.24, 2.45) is 16.6 Å². The Kier molecular flexibility index (Phi) is 13.7. The van der Waals surface area contributed by atoms with E-state index in [2.05, 4.69) is 57.2 Å². The van der Waals surface area contributed by atoms with Gasteiger partial charge in [0.15, 0.2) is 0 Å². The molecule has 204 valence electrons. The number of phenols is 1. The lowest BCUT2D eigenvalue weighted by molar-refractivity contribution is 0.134. The maximum atomic E-state index is 9.77. The average Bonchev–Trinajstić information content (AvgIpc) is 3.43. The average molecular weight is 511 g/mol. The number of unbranched alkanes of at least 4 members (excludes halogenated alkanes) is 2. The molecule has 3 rings (SSSR count). The smallest absolute Gasteiger partial charge is 0.128 e. The molecule has 0 spiro atoms. The highest BCUT2D eigenvalue weighted by atomic mass is 16.5. The van der Waals surface area contributed by atoms with Gasteiger partial charge in [0, 0.05) is 37.4 Å². The minimum atomic E-state index is 0.316. The monoisotopic (exact) mass is 510 g/mol. The molecule has 37 heavy (non-hydrogen) atoms. The largest absolute Gasteiger partial charge is 0.508 e. The minimum absolute atomic E-state index is 0.316. The van der Waals surface area contributed by atoms with Gasteiger partial charge in [-0.1, -0.05) is 37.3 Å². The number of nitrogens with zero attached hydrogens (tertiary/aromatic N) is 2. The number of aryl methyl sites for hydroxylation is 2. The van der Waals surface area contributed by atoms with Gasteiger partial charge < -0.3 is 25.8 Å². The van der Waals surface area contributed by atoms with E-state index < -0.39 is 0 Å². The van der Waals surface area contributed by atoms with Crippen LogP contribution in [0.2, 0.25) is 0 Å². The molecular formula is C29H46N6O2. The Morgan fingerprint density at radius 1 is 1.14 bits per heavy atom. The fourth-order valence-electron chi connectivity index (χ4n) is 4.46. The SMILES string of the molecule is C=C(COCCc1c(C)cc(O)cc1C)N(CCCCCNN)Cc1ccc(C2=NCCN2)cc1.CN. The van der Waals surface area contributed by atoms with Crippen LogP contribution in [-0.2, 0) is 17.7 Å². The van der Waals surface area contributed by atoms with Crippen LogP contribution < -0.4 is 22.3 Å². The van der Waals surface area contributed by atoms with Crippen LogP contribution in [0.3, 0.4) is 0 Å². The molecule has 0 saturated carbocycles.